The second-order valence-electron chi connectivity index (χ2n) is 6.54. The molecular weight excluding hydrogens is 390 g/mol. The van der Waals surface area contributed by atoms with Gasteiger partial charge in [0, 0.05) is 0 Å². The lowest BCUT2D eigenvalue weighted by molar-refractivity contribution is -0.302. The molecule has 6 N–H and O–H groups in total. The van der Waals surface area contributed by atoms with Crippen molar-refractivity contribution in [3.8, 4) is 23.3 Å². The summed E-state index contributed by atoms with van der Waals surface area (Å²) in [5, 5.41) is 67.2. The molecule has 1 aromatic carbocycles. The van der Waals surface area contributed by atoms with Crippen LogP contribution in [0.4, 0.5) is 0 Å². The van der Waals surface area contributed by atoms with Crippen molar-refractivity contribution in [2.24, 2.45) is 5.92 Å². The number of aliphatic hydroxyl groups is 3. The number of esters is 1. The van der Waals surface area contributed by atoms with E-state index in [2.05, 4.69) is 0 Å². The number of aromatic hydroxyl groups is 3. The van der Waals surface area contributed by atoms with Crippen LogP contribution in [0.15, 0.2) is 12.1 Å². The number of rotatable bonds is 7. The molecule has 1 unspecified atom stereocenters. The Morgan fingerprint density at radius 1 is 1.17 bits per heavy atom. The summed E-state index contributed by atoms with van der Waals surface area (Å²) in [7, 11) is 0. The van der Waals surface area contributed by atoms with Crippen LogP contribution < -0.4 is 0 Å². The van der Waals surface area contributed by atoms with E-state index in [1.165, 1.54) is 0 Å². The third-order valence-electron chi connectivity index (χ3n) is 4.49. The van der Waals surface area contributed by atoms with Crippen LogP contribution in [0.3, 0.4) is 0 Å². The maximum Gasteiger partial charge on any atom is 0.338 e. The Bertz CT molecular complexity index is 740. The van der Waals surface area contributed by atoms with Crippen molar-refractivity contribution in [2.75, 3.05) is 13.2 Å². The number of aliphatic hydroxyl groups excluding tert-OH is 3. The molecule has 11 nitrogen and oxygen atoms in total. The molecule has 1 aromatic rings. The van der Waals surface area contributed by atoms with Gasteiger partial charge in [0.15, 0.2) is 23.5 Å². The first kappa shape index (κ1) is 22.7. The van der Waals surface area contributed by atoms with Crippen LogP contribution in [0.2, 0.25) is 0 Å². The molecule has 0 radical (unpaired) electrons. The molecule has 0 aliphatic carbocycles. The number of hydrogen-bond acceptors (Lipinski definition) is 11. The van der Waals surface area contributed by atoms with Crippen LogP contribution in [0, 0.1) is 17.2 Å². The number of phenols is 3. The van der Waals surface area contributed by atoms with Crippen LogP contribution in [0.5, 0.6) is 17.2 Å². The van der Waals surface area contributed by atoms with E-state index in [4.69, 9.17) is 19.5 Å². The Morgan fingerprint density at radius 3 is 2.34 bits per heavy atom. The monoisotopic (exact) mass is 413 g/mol. The summed E-state index contributed by atoms with van der Waals surface area (Å²) in [4.78, 5) is 12.1. The van der Waals surface area contributed by atoms with Gasteiger partial charge >= 0.3 is 5.97 Å². The number of nitriles is 1. The van der Waals surface area contributed by atoms with Crippen LogP contribution in [-0.4, -0.2) is 80.5 Å². The molecule has 0 amide bonds. The van der Waals surface area contributed by atoms with Gasteiger partial charge in [-0.05, 0) is 18.6 Å². The summed E-state index contributed by atoms with van der Waals surface area (Å²) in [6.07, 6.45) is -6.96. The predicted molar refractivity (Wildman–Crippen MR) is 93.7 cm³/mol. The maximum absolute atomic E-state index is 12.1. The Balaban J connectivity index is 2.01. The molecule has 0 spiro atoms. The second-order valence-corrected chi connectivity index (χ2v) is 6.54. The van der Waals surface area contributed by atoms with Crippen molar-refractivity contribution in [3.63, 3.8) is 0 Å². The largest absolute Gasteiger partial charge is 0.504 e. The molecule has 1 saturated heterocycles. The average molecular weight is 413 g/mol. The van der Waals surface area contributed by atoms with Crippen molar-refractivity contribution in [1.29, 1.82) is 5.26 Å². The third-order valence-corrected chi connectivity index (χ3v) is 4.49. The molecule has 29 heavy (non-hydrogen) atoms. The van der Waals surface area contributed by atoms with E-state index >= 15 is 0 Å². The van der Waals surface area contributed by atoms with Gasteiger partial charge in [0.25, 0.3) is 0 Å². The van der Waals surface area contributed by atoms with E-state index in [1.807, 2.05) is 6.07 Å². The number of ether oxygens (including phenoxy) is 3. The fourth-order valence-electron chi connectivity index (χ4n) is 2.61. The average Bonchev–Trinajstić information content (AvgIpc) is 2.70. The number of nitrogens with zero attached hydrogens (tertiary/aromatic N) is 1. The lowest BCUT2D eigenvalue weighted by Crippen LogP contribution is -2.59. The van der Waals surface area contributed by atoms with Gasteiger partial charge in [-0.15, -0.1) is 0 Å². The normalized spacial score (nSPS) is 27.8. The molecular formula is C18H23NO10. The highest BCUT2D eigenvalue weighted by Crippen LogP contribution is 2.35. The number of carbonyl (C=O) groups is 1. The second kappa shape index (κ2) is 9.73. The van der Waals surface area contributed by atoms with Crippen LogP contribution in [0.25, 0.3) is 0 Å². The molecule has 11 heteroatoms. The Morgan fingerprint density at radius 2 is 1.79 bits per heavy atom. The molecule has 0 aromatic heterocycles. The van der Waals surface area contributed by atoms with Gasteiger partial charge in [-0.1, -0.05) is 6.92 Å². The summed E-state index contributed by atoms with van der Waals surface area (Å²) in [5.74, 6) is -3.74. The molecule has 1 aliphatic rings. The first-order valence-electron chi connectivity index (χ1n) is 8.82. The zero-order valence-corrected chi connectivity index (χ0v) is 15.5. The summed E-state index contributed by atoms with van der Waals surface area (Å²) in [6.45, 7) is 1.15. The van der Waals surface area contributed by atoms with Gasteiger partial charge in [0.1, 0.15) is 31.0 Å². The fourth-order valence-corrected chi connectivity index (χ4v) is 2.61. The molecule has 1 fully saturated rings. The third kappa shape index (κ3) is 5.26. The molecule has 1 heterocycles. The molecule has 6 atom stereocenters. The van der Waals surface area contributed by atoms with E-state index in [9.17, 15) is 35.4 Å². The minimum Gasteiger partial charge on any atom is -0.504 e. The van der Waals surface area contributed by atoms with Crippen molar-refractivity contribution in [1.82, 2.24) is 0 Å². The maximum atomic E-state index is 12.1. The number of phenolic OH excluding ortho intramolecular Hbond substituents is 3. The summed E-state index contributed by atoms with van der Waals surface area (Å²) in [6, 6.07) is 3.74. The molecule has 1 aliphatic heterocycles. The van der Waals surface area contributed by atoms with Crippen LogP contribution in [-0.2, 0) is 14.2 Å². The van der Waals surface area contributed by atoms with Crippen LogP contribution >= 0.6 is 0 Å². The molecule has 0 bridgehead atoms. The summed E-state index contributed by atoms with van der Waals surface area (Å²) < 4.78 is 15.6. The van der Waals surface area contributed by atoms with Crippen molar-refractivity contribution < 1.29 is 49.6 Å². The predicted octanol–water partition coefficient (Wildman–Crippen LogP) is -0.666. The van der Waals surface area contributed by atoms with Gasteiger partial charge in [-0.25, -0.2) is 4.79 Å². The zero-order chi connectivity index (χ0) is 21.7. The first-order chi connectivity index (χ1) is 13.7. The summed E-state index contributed by atoms with van der Waals surface area (Å²) in [5.41, 5.74) is -0.281. The van der Waals surface area contributed by atoms with Gasteiger partial charge < -0.3 is 44.8 Å². The number of benzene rings is 1. The molecule has 0 saturated carbocycles. The number of hydrogen-bond donors (Lipinski definition) is 6. The van der Waals surface area contributed by atoms with Crippen molar-refractivity contribution >= 4 is 5.97 Å². The highest BCUT2D eigenvalue weighted by molar-refractivity contribution is 5.91. The minimum atomic E-state index is -1.65. The lowest BCUT2D eigenvalue weighted by Gasteiger charge is -2.40. The highest BCUT2D eigenvalue weighted by atomic mass is 16.7. The molecule has 160 valence electrons. The fraction of sp³-hybridized carbons (Fsp3) is 0.556. The van der Waals surface area contributed by atoms with Crippen molar-refractivity contribution in [3.05, 3.63) is 17.7 Å². The quantitative estimate of drug-likeness (QED) is 0.246. The van der Waals surface area contributed by atoms with Crippen LogP contribution in [0.1, 0.15) is 23.7 Å². The SMILES string of the molecule is CCC(C#N)CO[C@@H]1O[C@H](COC(=O)c2cc(O)c(O)c(O)c2)[C@@H](O)[C@H](O)[C@H]1O. The number of carbonyl (C=O) groups excluding carboxylic acids is 1. The Kier molecular flexibility index (Phi) is 7.60. The van der Waals surface area contributed by atoms with E-state index < -0.39 is 66.4 Å². The first-order valence-corrected chi connectivity index (χ1v) is 8.82. The van der Waals surface area contributed by atoms with Gasteiger partial charge in [-0.2, -0.15) is 5.26 Å². The standard InChI is InChI=1S/C18H23NO10/c1-2-8(5-19)6-28-18-16(25)15(24)14(23)12(29-18)7-27-17(26)9-3-10(20)13(22)11(21)4-9/h3-4,8,12,14-16,18,20-25H,2,6-7H2,1H3/t8?,12-,14-,15+,16-,18-/m1/s1. The van der Waals surface area contributed by atoms with Gasteiger partial charge in [0.05, 0.1) is 24.2 Å². The van der Waals surface area contributed by atoms with E-state index in [0.29, 0.717) is 6.42 Å². The Labute approximate surface area is 165 Å². The van der Waals surface area contributed by atoms with E-state index in [0.717, 1.165) is 12.1 Å². The van der Waals surface area contributed by atoms with E-state index in [1.54, 1.807) is 6.92 Å². The van der Waals surface area contributed by atoms with Crippen molar-refractivity contribution in [2.45, 2.75) is 44.1 Å². The highest BCUT2D eigenvalue weighted by Gasteiger charge is 2.45. The lowest BCUT2D eigenvalue weighted by atomic mass is 9.99. The summed E-state index contributed by atoms with van der Waals surface area (Å²) >= 11 is 0. The van der Waals surface area contributed by atoms with E-state index in [-0.39, 0.29) is 12.2 Å². The van der Waals surface area contributed by atoms with Gasteiger partial charge in [0.2, 0.25) is 0 Å². The topological polar surface area (TPSA) is 190 Å². The smallest absolute Gasteiger partial charge is 0.338 e. The minimum absolute atomic E-state index is 0.0733. The Hall–Kier alpha value is -2.62. The van der Waals surface area contributed by atoms with Gasteiger partial charge in [-0.3, -0.25) is 0 Å². The molecule has 2 rings (SSSR count). The zero-order valence-electron chi connectivity index (χ0n) is 15.5.